The lowest BCUT2D eigenvalue weighted by Gasteiger charge is -2.03. The molecular formula is C10H15N3O5. The van der Waals surface area contributed by atoms with Crippen molar-refractivity contribution in [3.8, 4) is 0 Å². The number of hydrogen-bond donors (Lipinski definition) is 3. The summed E-state index contributed by atoms with van der Waals surface area (Å²) in [6, 6.07) is -0.619. The summed E-state index contributed by atoms with van der Waals surface area (Å²) in [5, 5.41) is 4.94. The van der Waals surface area contributed by atoms with E-state index >= 15 is 0 Å². The van der Waals surface area contributed by atoms with E-state index in [9.17, 15) is 14.4 Å². The molecule has 8 nitrogen and oxygen atoms in total. The van der Waals surface area contributed by atoms with Crippen molar-refractivity contribution in [1.29, 1.82) is 0 Å². The summed E-state index contributed by atoms with van der Waals surface area (Å²) < 4.78 is 9.35. The third-order valence-corrected chi connectivity index (χ3v) is 2.16. The highest BCUT2D eigenvalue weighted by molar-refractivity contribution is 5.76. The average Bonchev–Trinajstić information content (AvgIpc) is 2.60. The Balaban J connectivity index is 2.23. The molecule has 0 atom stereocenters. The molecule has 1 heterocycles. The van der Waals surface area contributed by atoms with Gasteiger partial charge in [0.1, 0.15) is 5.76 Å². The second-order valence-corrected chi connectivity index (χ2v) is 3.60. The first-order chi connectivity index (χ1) is 8.49. The zero-order valence-electron chi connectivity index (χ0n) is 9.95. The third-order valence-electron chi connectivity index (χ3n) is 2.16. The maximum atomic E-state index is 11.4. The van der Waals surface area contributed by atoms with Gasteiger partial charge in [0, 0.05) is 13.0 Å². The van der Waals surface area contributed by atoms with Crippen LogP contribution >= 0.6 is 0 Å². The molecule has 0 aromatic carbocycles. The third kappa shape index (κ3) is 4.73. The summed E-state index contributed by atoms with van der Waals surface area (Å²) in [6.07, 6.45) is 0.713. The van der Waals surface area contributed by atoms with Gasteiger partial charge in [-0.3, -0.25) is 4.79 Å². The van der Waals surface area contributed by atoms with Crippen molar-refractivity contribution < 1.29 is 18.4 Å². The summed E-state index contributed by atoms with van der Waals surface area (Å²) in [6.45, 7) is 2.01. The fourth-order valence-electron chi connectivity index (χ4n) is 1.26. The highest BCUT2D eigenvalue weighted by Gasteiger charge is 2.09. The number of primary amides is 1. The Morgan fingerprint density at radius 1 is 1.28 bits per heavy atom. The maximum Gasteiger partial charge on any atom is 0.519 e. The van der Waals surface area contributed by atoms with E-state index in [0.717, 1.165) is 0 Å². The number of urea groups is 1. The Morgan fingerprint density at radius 3 is 2.56 bits per heavy atom. The minimum atomic E-state index is -0.789. The first-order valence-corrected chi connectivity index (χ1v) is 5.38. The predicted molar refractivity (Wildman–Crippen MR) is 60.6 cm³/mol. The van der Waals surface area contributed by atoms with Crippen molar-refractivity contribution in [1.82, 2.24) is 10.6 Å². The first-order valence-electron chi connectivity index (χ1n) is 5.38. The van der Waals surface area contributed by atoms with Gasteiger partial charge in [-0.15, -0.1) is 0 Å². The number of nitrogens with two attached hydrogens (primary N) is 1. The van der Waals surface area contributed by atoms with E-state index in [1.807, 2.05) is 0 Å². The number of aryl methyl sites for hydroxylation is 1. The van der Waals surface area contributed by atoms with E-state index in [1.54, 1.807) is 6.92 Å². The molecule has 1 aromatic heterocycles. The molecule has 0 bridgehead atoms. The molecule has 1 rings (SSSR count). The van der Waals surface area contributed by atoms with Gasteiger partial charge in [-0.1, -0.05) is 0 Å². The quantitative estimate of drug-likeness (QED) is 0.598. The molecule has 3 amide bonds. The van der Waals surface area contributed by atoms with Gasteiger partial charge in [-0.05, 0) is 13.3 Å². The van der Waals surface area contributed by atoms with Crippen LogP contribution in [0.2, 0.25) is 0 Å². The fraction of sp³-hybridized carbons (Fsp3) is 0.500. The van der Waals surface area contributed by atoms with Gasteiger partial charge in [0.05, 0.1) is 6.54 Å². The van der Waals surface area contributed by atoms with Gasteiger partial charge >= 0.3 is 11.9 Å². The van der Waals surface area contributed by atoms with E-state index in [4.69, 9.17) is 10.2 Å². The fourth-order valence-corrected chi connectivity index (χ4v) is 1.26. The lowest BCUT2D eigenvalue weighted by Crippen LogP contribution is -2.31. The van der Waals surface area contributed by atoms with Crippen molar-refractivity contribution in [3.05, 3.63) is 22.1 Å². The molecule has 8 heteroatoms. The van der Waals surface area contributed by atoms with Crippen molar-refractivity contribution in [3.63, 3.8) is 0 Å². The number of hydrogen-bond acceptors (Lipinski definition) is 5. The largest absolute Gasteiger partial charge is 0.519 e. The number of nitrogens with one attached hydrogen (secondary N) is 2. The van der Waals surface area contributed by atoms with Crippen molar-refractivity contribution in [2.45, 2.75) is 26.3 Å². The summed E-state index contributed by atoms with van der Waals surface area (Å²) in [4.78, 5) is 32.5. The second kappa shape index (κ2) is 6.48. The Labute approximate surface area is 103 Å². The van der Waals surface area contributed by atoms with Crippen LogP contribution in [0.1, 0.15) is 24.4 Å². The van der Waals surface area contributed by atoms with Crippen LogP contribution in [0.4, 0.5) is 4.79 Å². The first kappa shape index (κ1) is 13.8. The molecule has 0 saturated heterocycles. The standard InChI is InChI=1S/C10H15N3O5/c1-6-7(18-10(16)17-6)5-13-8(14)3-2-4-12-9(11)15/h2-5H2,1H3,(H,13,14)(H3,11,12,15). The minimum absolute atomic E-state index is 0.0969. The van der Waals surface area contributed by atoms with Crippen LogP contribution in [0.15, 0.2) is 13.6 Å². The molecule has 4 N–H and O–H groups in total. The summed E-state index contributed by atoms with van der Waals surface area (Å²) >= 11 is 0. The highest BCUT2D eigenvalue weighted by atomic mass is 16.6. The monoisotopic (exact) mass is 257 g/mol. The predicted octanol–water partition coefficient (Wildman–Crippen LogP) is -0.394. The highest BCUT2D eigenvalue weighted by Crippen LogP contribution is 2.03. The molecule has 0 saturated carbocycles. The zero-order chi connectivity index (χ0) is 13.5. The van der Waals surface area contributed by atoms with Crippen molar-refractivity contribution in [2.24, 2.45) is 5.73 Å². The van der Waals surface area contributed by atoms with Crippen LogP contribution in [-0.4, -0.2) is 18.5 Å². The topological polar surface area (TPSA) is 128 Å². The van der Waals surface area contributed by atoms with E-state index in [2.05, 4.69) is 15.1 Å². The van der Waals surface area contributed by atoms with Crippen molar-refractivity contribution >= 4 is 11.9 Å². The number of carbonyl (C=O) groups excluding carboxylic acids is 2. The Kier molecular flexibility index (Phi) is 4.97. The van der Waals surface area contributed by atoms with Gasteiger partial charge in [0.15, 0.2) is 5.76 Å². The Bertz CT molecular complexity index is 476. The number of rotatable bonds is 6. The Morgan fingerprint density at radius 2 is 2.00 bits per heavy atom. The minimum Gasteiger partial charge on any atom is -0.396 e. The summed E-state index contributed by atoms with van der Waals surface area (Å²) in [5.74, 6) is -0.369. The second-order valence-electron chi connectivity index (χ2n) is 3.60. The van der Waals surface area contributed by atoms with Gasteiger partial charge in [-0.25, -0.2) is 9.59 Å². The van der Waals surface area contributed by atoms with Crippen LogP contribution in [0.25, 0.3) is 0 Å². The van der Waals surface area contributed by atoms with Crippen LogP contribution in [0.5, 0.6) is 0 Å². The lowest BCUT2D eigenvalue weighted by molar-refractivity contribution is -0.121. The average molecular weight is 257 g/mol. The van der Waals surface area contributed by atoms with E-state index in [1.165, 1.54) is 0 Å². The van der Waals surface area contributed by atoms with Gasteiger partial charge < -0.3 is 25.2 Å². The molecule has 0 aliphatic heterocycles. The number of amides is 3. The van der Waals surface area contributed by atoms with Crippen LogP contribution in [-0.2, 0) is 11.3 Å². The molecular weight excluding hydrogens is 242 g/mol. The Hall–Kier alpha value is -2.25. The van der Waals surface area contributed by atoms with E-state index in [0.29, 0.717) is 24.5 Å². The molecule has 18 heavy (non-hydrogen) atoms. The molecule has 0 aliphatic carbocycles. The maximum absolute atomic E-state index is 11.4. The molecule has 1 aromatic rings. The SMILES string of the molecule is Cc1oc(=O)oc1CNC(=O)CCCNC(N)=O. The molecule has 100 valence electrons. The molecule has 0 unspecified atom stereocenters. The molecule has 0 spiro atoms. The smallest absolute Gasteiger partial charge is 0.396 e. The van der Waals surface area contributed by atoms with Gasteiger partial charge in [0.2, 0.25) is 5.91 Å². The van der Waals surface area contributed by atoms with Crippen LogP contribution in [0.3, 0.4) is 0 Å². The lowest BCUT2D eigenvalue weighted by atomic mass is 10.3. The van der Waals surface area contributed by atoms with E-state index < -0.39 is 11.9 Å². The van der Waals surface area contributed by atoms with Gasteiger partial charge in [0.25, 0.3) is 0 Å². The van der Waals surface area contributed by atoms with E-state index in [-0.39, 0.29) is 18.9 Å². The van der Waals surface area contributed by atoms with Crippen LogP contribution in [0, 0.1) is 6.92 Å². The van der Waals surface area contributed by atoms with Gasteiger partial charge in [-0.2, -0.15) is 0 Å². The number of carbonyl (C=O) groups is 2. The molecule has 0 aliphatic rings. The van der Waals surface area contributed by atoms with Crippen LogP contribution < -0.4 is 22.2 Å². The molecule has 0 radical (unpaired) electrons. The zero-order valence-corrected chi connectivity index (χ0v) is 9.95. The van der Waals surface area contributed by atoms with Crippen molar-refractivity contribution in [2.75, 3.05) is 6.54 Å². The normalized spacial score (nSPS) is 10.1. The summed E-state index contributed by atoms with van der Waals surface area (Å²) in [5.41, 5.74) is 4.86. The molecule has 0 fully saturated rings. The summed E-state index contributed by atoms with van der Waals surface area (Å²) in [7, 11) is 0.